The van der Waals surface area contributed by atoms with E-state index in [9.17, 15) is 0 Å². The van der Waals surface area contributed by atoms with Crippen LogP contribution in [0.2, 0.25) is 0 Å². The molecule has 50 valence electrons. The number of hydrogen-bond donors (Lipinski definition) is 0. The van der Waals surface area contributed by atoms with Crippen LogP contribution in [0.25, 0.3) is 0 Å². The summed E-state index contributed by atoms with van der Waals surface area (Å²) in [5.74, 6) is 0. The molecule has 0 saturated heterocycles. The largest absolute Gasteiger partial charge is 0.0654 e. The molecule has 0 heterocycles. The van der Waals surface area contributed by atoms with Crippen molar-refractivity contribution < 1.29 is 24.7 Å². The highest BCUT2D eigenvalue weighted by Crippen LogP contribution is 2.03. The summed E-state index contributed by atoms with van der Waals surface area (Å²) in [6.45, 7) is -7.56. The van der Waals surface area contributed by atoms with Gasteiger partial charge >= 0.3 is 0 Å². The summed E-state index contributed by atoms with van der Waals surface area (Å²) < 4.78 is 133. The van der Waals surface area contributed by atoms with Gasteiger partial charge in [0, 0.05) is 24.7 Å². The first-order chi connectivity index (χ1) is 10.8. The van der Waals surface area contributed by atoms with Gasteiger partial charge in [0.15, 0.2) is 0 Å². The molecule has 0 radical (unpaired) electrons. The fourth-order valence-corrected chi connectivity index (χ4v) is 0.125. The van der Waals surface area contributed by atoms with Crippen LogP contribution in [-0.4, -0.2) is 0 Å². The van der Waals surface area contributed by atoms with Crippen molar-refractivity contribution in [3.05, 3.63) is 0 Å². The van der Waals surface area contributed by atoms with Crippen molar-refractivity contribution in [3.63, 3.8) is 0 Å². The van der Waals surface area contributed by atoms with Crippen LogP contribution >= 0.6 is 0 Å². The third-order valence-electron chi connectivity index (χ3n) is 0.312. The van der Waals surface area contributed by atoms with Crippen LogP contribution in [-0.2, 0) is 0 Å². The Morgan fingerprint density at radius 2 is 1.50 bits per heavy atom. The van der Waals surface area contributed by atoms with E-state index in [2.05, 4.69) is 0 Å². The molecule has 0 aliphatic carbocycles. The second-order valence-electron chi connectivity index (χ2n) is 0.750. The van der Waals surface area contributed by atoms with Gasteiger partial charge in [0.05, 0.1) is 0 Å². The van der Waals surface area contributed by atoms with E-state index in [0.29, 0.717) is 0 Å². The van der Waals surface area contributed by atoms with E-state index in [-0.39, 0.29) is 0 Å². The molecular weight excluding hydrogens is 96.1 g/mol. The van der Waals surface area contributed by atoms with Gasteiger partial charge in [0.1, 0.15) is 0 Å². The fourth-order valence-electron chi connectivity index (χ4n) is 0.125. The normalized spacial score (nSPS) is 57.0. The van der Waals surface area contributed by atoms with E-state index in [1.165, 1.54) is 0 Å². The first kappa shape index (κ1) is 0.627. The van der Waals surface area contributed by atoms with Gasteiger partial charge in [-0.1, -0.05) is 51.9 Å². The number of hydrogen-bond acceptors (Lipinski definition) is 0. The zero-order valence-electron chi connectivity index (χ0n) is 22.0. The SMILES string of the molecule is [2H]C([2H])([2H])C([2H])([2H])C([2H])([2H])C([2H])([2H])C([2H])([2H])C([2H])([2H])C([2H])([2H])C([2H])([2H])[2H]. The summed E-state index contributed by atoms with van der Waals surface area (Å²) in [5.41, 5.74) is 0. The summed E-state index contributed by atoms with van der Waals surface area (Å²) in [7, 11) is 0. The van der Waals surface area contributed by atoms with Crippen molar-refractivity contribution in [3.8, 4) is 0 Å². The summed E-state index contributed by atoms with van der Waals surface area (Å²) in [6, 6.07) is 0. The van der Waals surface area contributed by atoms with Gasteiger partial charge in [-0.25, -0.2) is 0 Å². The van der Waals surface area contributed by atoms with Crippen molar-refractivity contribution in [2.24, 2.45) is 0 Å². The Labute approximate surface area is 78.6 Å². The van der Waals surface area contributed by atoms with Crippen LogP contribution in [0.15, 0.2) is 0 Å². The van der Waals surface area contributed by atoms with Crippen molar-refractivity contribution in [2.75, 3.05) is 0 Å². The molecule has 0 heteroatoms. The van der Waals surface area contributed by atoms with Crippen LogP contribution < -0.4 is 0 Å². The molecule has 0 amide bonds. The molecular formula is C8H18. The molecule has 0 aliphatic rings. The van der Waals surface area contributed by atoms with Crippen LogP contribution in [0.3, 0.4) is 0 Å². The number of rotatable bonds is 5. The lowest BCUT2D eigenvalue weighted by atomic mass is 10.1. The van der Waals surface area contributed by atoms with Gasteiger partial charge in [-0.05, 0) is 0 Å². The van der Waals surface area contributed by atoms with E-state index >= 15 is 0 Å². The Bertz CT molecular complexity index is 468. The smallest absolute Gasteiger partial charge is 0.0267 e. The van der Waals surface area contributed by atoms with E-state index in [0.717, 1.165) is 0 Å². The van der Waals surface area contributed by atoms with Gasteiger partial charge in [0.25, 0.3) is 0 Å². The zero-order chi connectivity index (χ0) is 22.0. The van der Waals surface area contributed by atoms with Crippen LogP contribution in [0.4, 0.5) is 0 Å². The van der Waals surface area contributed by atoms with E-state index in [1.54, 1.807) is 0 Å². The van der Waals surface area contributed by atoms with Crippen LogP contribution in [0.5, 0.6) is 0 Å². The maximum atomic E-state index is 7.64. The Balaban J connectivity index is 6.61. The minimum absolute atomic E-state index is 3.78. The molecule has 0 aromatic heterocycles. The van der Waals surface area contributed by atoms with Gasteiger partial charge in [-0.15, -0.1) is 0 Å². The van der Waals surface area contributed by atoms with Crippen molar-refractivity contribution >= 4 is 0 Å². The average Bonchev–Trinajstić information content (AvgIpc) is 2.34. The maximum Gasteiger partial charge on any atom is 0.0267 e. The molecule has 0 rings (SSSR count). The minimum Gasteiger partial charge on any atom is -0.0654 e. The summed E-state index contributed by atoms with van der Waals surface area (Å²) >= 11 is 0. The van der Waals surface area contributed by atoms with Gasteiger partial charge in [-0.3, -0.25) is 0 Å². The Hall–Kier alpha value is 0. The van der Waals surface area contributed by atoms with E-state index in [4.69, 9.17) is 24.7 Å². The van der Waals surface area contributed by atoms with Crippen LogP contribution in [0, 0.1) is 0 Å². The Kier molecular flexibility index (Phi) is 0.549. The molecule has 0 spiro atoms. The molecule has 0 atom stereocenters. The van der Waals surface area contributed by atoms with Crippen molar-refractivity contribution in [2.45, 2.75) is 51.9 Å². The summed E-state index contributed by atoms with van der Waals surface area (Å²) in [4.78, 5) is 0. The molecule has 0 fully saturated rings. The fraction of sp³-hybridized carbons (Fsp3) is 1.00. The highest BCUT2D eigenvalue weighted by atomic mass is 13.9. The monoisotopic (exact) mass is 132 g/mol. The minimum atomic E-state index is -4.29. The Morgan fingerprint density at radius 3 is 1.88 bits per heavy atom. The quantitative estimate of drug-likeness (QED) is 0.538. The van der Waals surface area contributed by atoms with Crippen molar-refractivity contribution in [1.82, 2.24) is 0 Å². The third-order valence-corrected chi connectivity index (χ3v) is 0.312. The zero-order valence-corrected chi connectivity index (χ0v) is 4.00. The molecule has 0 bridgehead atoms. The molecule has 0 saturated carbocycles. The van der Waals surface area contributed by atoms with Gasteiger partial charge < -0.3 is 0 Å². The first-order valence-electron chi connectivity index (χ1n) is 10.8. The van der Waals surface area contributed by atoms with Crippen molar-refractivity contribution in [1.29, 1.82) is 0 Å². The second-order valence-corrected chi connectivity index (χ2v) is 0.750. The molecule has 0 aliphatic heterocycles. The molecule has 0 unspecified atom stereocenters. The predicted molar refractivity (Wildman–Crippen MR) is 39.1 cm³/mol. The lowest BCUT2D eigenvalue weighted by Crippen LogP contribution is -1.73. The third kappa shape index (κ3) is 6.00. The molecule has 0 N–H and O–H groups in total. The summed E-state index contributed by atoms with van der Waals surface area (Å²) in [6.07, 6.45) is -25.0. The van der Waals surface area contributed by atoms with Gasteiger partial charge in [-0.2, -0.15) is 0 Å². The highest BCUT2D eigenvalue weighted by molar-refractivity contribution is 4.39. The van der Waals surface area contributed by atoms with E-state index in [1.807, 2.05) is 0 Å². The molecule has 0 aromatic rings. The maximum absolute atomic E-state index is 7.64. The summed E-state index contributed by atoms with van der Waals surface area (Å²) in [5, 5.41) is 0. The van der Waals surface area contributed by atoms with E-state index < -0.39 is 51.9 Å². The molecule has 0 nitrogen and oxygen atoms in total. The molecule has 8 heavy (non-hydrogen) atoms. The lowest BCUT2D eigenvalue weighted by Gasteiger charge is -1.93. The predicted octanol–water partition coefficient (Wildman–Crippen LogP) is 3.37. The standard InChI is InChI=1S/C8H18/c1-3-5-7-8-6-4-2/h3-8H2,1-2H3/i1D3,2D3,3D2,4D2,5D2,6D2,7D2,8D2. The average molecular weight is 132 g/mol. The lowest BCUT2D eigenvalue weighted by molar-refractivity contribution is 0.624. The van der Waals surface area contributed by atoms with Crippen LogP contribution in [0.1, 0.15) is 76.6 Å². The topological polar surface area (TPSA) is 0 Å². The first-order valence-corrected chi connectivity index (χ1v) is 1.75. The Morgan fingerprint density at radius 1 is 1.00 bits per heavy atom. The highest BCUT2D eigenvalue weighted by Gasteiger charge is 1.83. The van der Waals surface area contributed by atoms with Gasteiger partial charge in [0.2, 0.25) is 0 Å². The second kappa shape index (κ2) is 7.00. The molecule has 0 aromatic carbocycles.